The van der Waals surface area contributed by atoms with E-state index in [9.17, 15) is 9.59 Å². The molecule has 2 N–H and O–H groups in total. The van der Waals surface area contributed by atoms with Crippen molar-refractivity contribution in [3.8, 4) is 11.3 Å². The Hall–Kier alpha value is -4.46. The van der Waals surface area contributed by atoms with Crippen LogP contribution in [0.1, 0.15) is 26.3 Å². The van der Waals surface area contributed by atoms with Crippen molar-refractivity contribution < 1.29 is 9.59 Å². The lowest BCUT2D eigenvalue weighted by Crippen LogP contribution is -2.32. The maximum absolute atomic E-state index is 13.5. The summed E-state index contributed by atoms with van der Waals surface area (Å²) in [6.45, 7) is 0.551. The number of carbonyl (C=O) groups excluding carboxylic acids is 2. The van der Waals surface area contributed by atoms with Crippen LogP contribution < -0.4 is 15.1 Å². The van der Waals surface area contributed by atoms with Gasteiger partial charge >= 0.3 is 0 Å². The molecule has 170 valence electrons. The summed E-state index contributed by atoms with van der Waals surface area (Å²) in [6, 6.07) is 18.3. The van der Waals surface area contributed by atoms with Crippen LogP contribution in [-0.4, -0.2) is 47.6 Å². The first-order valence-corrected chi connectivity index (χ1v) is 11.0. The van der Waals surface area contributed by atoms with Gasteiger partial charge in [-0.05, 0) is 54.4 Å². The van der Waals surface area contributed by atoms with Crippen molar-refractivity contribution in [2.45, 2.75) is 6.42 Å². The van der Waals surface area contributed by atoms with Crippen molar-refractivity contribution in [3.63, 3.8) is 0 Å². The smallest absolute Gasteiger partial charge is 0.259 e. The number of aromatic nitrogens is 3. The summed E-state index contributed by atoms with van der Waals surface area (Å²) < 4.78 is 0. The zero-order valence-corrected chi connectivity index (χ0v) is 18.9. The average Bonchev–Trinajstić information content (AvgIpc) is 3.27. The molecule has 2 aromatic heterocycles. The number of pyridine rings is 1. The van der Waals surface area contributed by atoms with Crippen LogP contribution in [0, 0.1) is 0 Å². The lowest BCUT2D eigenvalue weighted by atomic mass is 10.1. The predicted octanol–water partition coefficient (Wildman–Crippen LogP) is 3.99. The highest BCUT2D eigenvalue weighted by molar-refractivity contribution is 6.10. The van der Waals surface area contributed by atoms with Crippen molar-refractivity contribution >= 4 is 29.0 Å². The quantitative estimate of drug-likeness (QED) is 0.488. The molecular weight excluding hydrogens is 428 g/mol. The van der Waals surface area contributed by atoms with Gasteiger partial charge in [-0.3, -0.25) is 14.7 Å². The molecule has 0 unspecified atom stereocenters. The van der Waals surface area contributed by atoms with Gasteiger partial charge < -0.3 is 15.1 Å². The number of rotatable bonds is 4. The molecule has 0 spiro atoms. The third kappa shape index (κ3) is 3.90. The molecule has 34 heavy (non-hydrogen) atoms. The van der Waals surface area contributed by atoms with Crippen LogP contribution in [0.2, 0.25) is 0 Å². The van der Waals surface area contributed by atoms with Gasteiger partial charge in [-0.2, -0.15) is 5.10 Å². The van der Waals surface area contributed by atoms with Crippen molar-refractivity contribution in [3.05, 3.63) is 89.7 Å². The molecular formula is C26H24N6O2. The minimum Gasteiger partial charge on any atom is -0.362 e. The topological polar surface area (TPSA) is 94.2 Å². The molecule has 0 fully saturated rings. The van der Waals surface area contributed by atoms with Gasteiger partial charge in [0.05, 0.1) is 23.1 Å². The summed E-state index contributed by atoms with van der Waals surface area (Å²) >= 11 is 0. The number of amides is 2. The lowest BCUT2D eigenvalue weighted by molar-refractivity contribution is 0.0986. The fourth-order valence-corrected chi connectivity index (χ4v) is 4.20. The maximum atomic E-state index is 13.5. The second kappa shape index (κ2) is 8.82. The van der Waals surface area contributed by atoms with E-state index in [0.29, 0.717) is 35.6 Å². The Labute approximate surface area is 197 Å². The van der Waals surface area contributed by atoms with E-state index >= 15 is 0 Å². The van der Waals surface area contributed by atoms with Gasteiger partial charge in [0.2, 0.25) is 0 Å². The van der Waals surface area contributed by atoms with Gasteiger partial charge in [-0.1, -0.05) is 18.2 Å². The minimum absolute atomic E-state index is 0.0920. The predicted molar refractivity (Wildman–Crippen MR) is 132 cm³/mol. The number of para-hydroxylation sites is 1. The molecule has 3 heterocycles. The number of hydrogen-bond acceptors (Lipinski definition) is 5. The van der Waals surface area contributed by atoms with Crippen molar-refractivity contribution in [2.24, 2.45) is 0 Å². The van der Waals surface area contributed by atoms with Gasteiger partial charge in [0, 0.05) is 43.7 Å². The molecule has 0 radical (unpaired) electrons. The van der Waals surface area contributed by atoms with Crippen LogP contribution >= 0.6 is 0 Å². The number of benzene rings is 2. The van der Waals surface area contributed by atoms with Gasteiger partial charge in [0.25, 0.3) is 11.8 Å². The van der Waals surface area contributed by atoms with E-state index in [1.807, 2.05) is 44.6 Å². The fraction of sp³-hybridized carbons (Fsp3) is 0.154. The third-order valence-corrected chi connectivity index (χ3v) is 5.88. The highest BCUT2D eigenvalue weighted by atomic mass is 16.2. The zero-order chi connectivity index (χ0) is 23.7. The standard InChI is InChI=1S/C26H24N6O2/c1-31(2)24-21(7-5-14-27-24)25(33)29-19-11-9-17(10-12-19)26(34)32-15-13-18-16-28-30-23(18)20-6-3-4-8-22(20)32/h3-12,14,16H,13,15H2,1-2H3,(H,28,30)(H,29,33). The lowest BCUT2D eigenvalue weighted by Gasteiger charge is -2.23. The number of hydrogen-bond donors (Lipinski definition) is 2. The van der Waals surface area contributed by atoms with E-state index in [2.05, 4.69) is 20.5 Å². The van der Waals surface area contributed by atoms with E-state index in [0.717, 1.165) is 22.5 Å². The number of anilines is 3. The minimum atomic E-state index is -0.257. The Bertz CT molecular complexity index is 1360. The fourth-order valence-electron chi connectivity index (χ4n) is 4.20. The van der Waals surface area contributed by atoms with Crippen LogP contribution in [0.5, 0.6) is 0 Å². The second-order valence-corrected chi connectivity index (χ2v) is 8.29. The molecule has 2 amide bonds. The number of aromatic amines is 1. The summed E-state index contributed by atoms with van der Waals surface area (Å²) in [4.78, 5) is 34.1. The number of H-pyrrole nitrogens is 1. The second-order valence-electron chi connectivity index (χ2n) is 8.29. The van der Waals surface area contributed by atoms with Crippen LogP contribution in [0.15, 0.2) is 73.1 Å². The molecule has 5 rings (SSSR count). The Morgan fingerprint density at radius 1 is 1.03 bits per heavy atom. The maximum Gasteiger partial charge on any atom is 0.259 e. The van der Waals surface area contributed by atoms with Crippen molar-refractivity contribution in [2.75, 3.05) is 35.8 Å². The summed E-state index contributed by atoms with van der Waals surface area (Å²) in [6.07, 6.45) is 4.18. The molecule has 1 aliphatic rings. The van der Waals surface area contributed by atoms with E-state index in [4.69, 9.17) is 0 Å². The molecule has 4 aromatic rings. The van der Waals surface area contributed by atoms with E-state index in [-0.39, 0.29) is 11.8 Å². The molecule has 0 bridgehead atoms. The van der Waals surface area contributed by atoms with Crippen LogP contribution in [0.25, 0.3) is 11.3 Å². The Balaban J connectivity index is 1.37. The monoisotopic (exact) mass is 452 g/mol. The Kier molecular flexibility index (Phi) is 5.55. The van der Waals surface area contributed by atoms with Crippen LogP contribution in [0.3, 0.4) is 0 Å². The number of fused-ring (bicyclic) bond motifs is 3. The van der Waals surface area contributed by atoms with Crippen molar-refractivity contribution in [1.29, 1.82) is 0 Å². The van der Waals surface area contributed by atoms with E-state index in [1.165, 1.54) is 0 Å². The number of carbonyl (C=O) groups is 2. The Morgan fingerprint density at radius 3 is 2.62 bits per heavy atom. The van der Waals surface area contributed by atoms with Crippen molar-refractivity contribution in [1.82, 2.24) is 15.2 Å². The molecule has 0 aliphatic carbocycles. The molecule has 2 aromatic carbocycles. The molecule has 1 aliphatic heterocycles. The summed E-state index contributed by atoms with van der Waals surface area (Å²) in [7, 11) is 3.68. The van der Waals surface area contributed by atoms with Gasteiger partial charge in [-0.15, -0.1) is 0 Å². The van der Waals surface area contributed by atoms with Crippen LogP contribution in [-0.2, 0) is 6.42 Å². The van der Waals surface area contributed by atoms with Gasteiger partial charge in [0.1, 0.15) is 5.82 Å². The number of nitrogens with zero attached hydrogens (tertiary/aromatic N) is 4. The highest BCUT2D eigenvalue weighted by Gasteiger charge is 2.26. The highest BCUT2D eigenvalue weighted by Crippen LogP contribution is 2.35. The summed E-state index contributed by atoms with van der Waals surface area (Å²) in [5.74, 6) is 0.240. The average molecular weight is 453 g/mol. The molecule has 8 nitrogen and oxygen atoms in total. The zero-order valence-electron chi connectivity index (χ0n) is 18.9. The summed E-state index contributed by atoms with van der Waals surface area (Å²) in [5, 5.41) is 10.1. The summed E-state index contributed by atoms with van der Waals surface area (Å²) in [5.41, 5.74) is 5.48. The first kappa shape index (κ1) is 21.4. The SMILES string of the molecule is CN(C)c1ncccc1C(=O)Nc1ccc(C(=O)N2CCc3cn[nH]c3-c3ccccc32)cc1. The molecule has 0 saturated heterocycles. The van der Waals surface area contributed by atoms with Gasteiger partial charge in [-0.25, -0.2) is 4.98 Å². The first-order chi connectivity index (χ1) is 16.5. The largest absolute Gasteiger partial charge is 0.362 e. The molecule has 8 heteroatoms. The van der Waals surface area contributed by atoms with E-state index < -0.39 is 0 Å². The first-order valence-electron chi connectivity index (χ1n) is 11.0. The number of nitrogens with one attached hydrogen (secondary N) is 2. The van der Waals surface area contributed by atoms with Gasteiger partial charge in [0.15, 0.2) is 0 Å². The third-order valence-electron chi connectivity index (χ3n) is 5.88. The normalized spacial score (nSPS) is 12.4. The van der Waals surface area contributed by atoms with E-state index in [1.54, 1.807) is 52.4 Å². The molecule has 0 atom stereocenters. The molecule has 0 saturated carbocycles. The Morgan fingerprint density at radius 2 is 1.82 bits per heavy atom. The van der Waals surface area contributed by atoms with Crippen LogP contribution in [0.4, 0.5) is 17.2 Å².